The van der Waals surface area contributed by atoms with E-state index in [1.165, 1.54) is 0 Å². The highest BCUT2D eigenvalue weighted by Crippen LogP contribution is 2.21. The summed E-state index contributed by atoms with van der Waals surface area (Å²) in [6.07, 6.45) is 4.50. The lowest BCUT2D eigenvalue weighted by molar-refractivity contribution is 0.108. The maximum atomic E-state index is 6.11. The normalized spacial score (nSPS) is 17.3. The molecule has 3 rings (SSSR count). The Labute approximate surface area is 142 Å². The number of epoxide rings is 1. The lowest BCUT2D eigenvalue weighted by atomic mass is 10.5. The molecule has 1 aliphatic rings. The molecule has 0 bridgehead atoms. The Morgan fingerprint density at radius 3 is 2.21 bits per heavy atom. The van der Waals surface area contributed by atoms with Crippen LogP contribution in [0.2, 0.25) is 12.6 Å². The maximum Gasteiger partial charge on any atom is 0.335 e. The van der Waals surface area contributed by atoms with Crippen molar-refractivity contribution in [3.63, 3.8) is 0 Å². The monoisotopic (exact) mass is 352 g/mol. The van der Waals surface area contributed by atoms with Crippen molar-refractivity contribution in [1.82, 2.24) is 0 Å². The summed E-state index contributed by atoms with van der Waals surface area (Å²) in [5, 5.41) is 0. The van der Waals surface area contributed by atoms with E-state index in [1.807, 2.05) is 24.3 Å². The Morgan fingerprint density at radius 2 is 1.71 bits per heavy atom. The minimum Gasteiger partial charge on any atom is -0.467 e. The molecule has 0 spiro atoms. The second-order valence-electron chi connectivity index (χ2n) is 6.00. The molecule has 0 amide bonds. The summed E-state index contributed by atoms with van der Waals surface area (Å²) in [6, 6.07) is 8.37. The summed E-state index contributed by atoms with van der Waals surface area (Å²) < 4.78 is 33.6. The fourth-order valence-corrected chi connectivity index (χ4v) is 4.35. The topological polar surface area (TPSA) is 66.5 Å². The first-order valence-corrected chi connectivity index (χ1v) is 10.8. The summed E-state index contributed by atoms with van der Waals surface area (Å²) >= 11 is 0. The molecule has 0 saturated carbocycles. The van der Waals surface area contributed by atoms with Gasteiger partial charge in [0.1, 0.15) is 17.6 Å². The summed E-state index contributed by atoms with van der Waals surface area (Å²) in [7, 11) is -2.35. The molecule has 1 aliphatic heterocycles. The Kier molecular flexibility index (Phi) is 6.28. The SMILES string of the molecule is C[Si](CCCOCC1CO1)(OCc1ccco1)OCc1ccco1. The lowest BCUT2D eigenvalue weighted by Gasteiger charge is -2.26. The minimum absolute atomic E-state index is 0.305. The average Bonchev–Trinajstić information content (AvgIpc) is 3.06. The number of furan rings is 2. The second kappa shape index (κ2) is 8.64. The van der Waals surface area contributed by atoms with Crippen LogP contribution < -0.4 is 0 Å². The van der Waals surface area contributed by atoms with E-state index in [0.29, 0.717) is 32.5 Å². The smallest absolute Gasteiger partial charge is 0.335 e. The van der Waals surface area contributed by atoms with Crippen molar-refractivity contribution in [2.24, 2.45) is 0 Å². The average molecular weight is 352 g/mol. The molecule has 2 aromatic rings. The van der Waals surface area contributed by atoms with E-state index in [2.05, 4.69) is 6.55 Å². The van der Waals surface area contributed by atoms with Gasteiger partial charge in [-0.15, -0.1) is 0 Å². The van der Waals surface area contributed by atoms with Gasteiger partial charge in [0.2, 0.25) is 0 Å². The van der Waals surface area contributed by atoms with E-state index < -0.39 is 8.56 Å². The Hall–Kier alpha value is -1.38. The third-order valence-electron chi connectivity index (χ3n) is 3.83. The van der Waals surface area contributed by atoms with Crippen LogP contribution in [0, 0.1) is 0 Å². The van der Waals surface area contributed by atoms with Crippen molar-refractivity contribution in [2.45, 2.75) is 38.3 Å². The van der Waals surface area contributed by atoms with Gasteiger partial charge in [-0.3, -0.25) is 0 Å². The van der Waals surface area contributed by atoms with Gasteiger partial charge in [-0.05, 0) is 43.3 Å². The lowest BCUT2D eigenvalue weighted by Crippen LogP contribution is -2.38. The highest BCUT2D eigenvalue weighted by molar-refractivity contribution is 6.65. The molecular weight excluding hydrogens is 328 g/mol. The molecule has 7 heteroatoms. The first-order chi connectivity index (χ1) is 11.7. The predicted molar refractivity (Wildman–Crippen MR) is 88.6 cm³/mol. The summed E-state index contributed by atoms with van der Waals surface area (Å²) in [6.45, 7) is 5.11. The van der Waals surface area contributed by atoms with Crippen LogP contribution in [0.4, 0.5) is 0 Å². The van der Waals surface area contributed by atoms with Gasteiger partial charge in [0, 0.05) is 6.61 Å². The summed E-state index contributed by atoms with van der Waals surface area (Å²) in [5.74, 6) is 1.61. The Balaban J connectivity index is 1.45. The molecule has 6 nitrogen and oxygen atoms in total. The molecule has 0 aliphatic carbocycles. The van der Waals surface area contributed by atoms with Gasteiger partial charge in [0.15, 0.2) is 0 Å². The fraction of sp³-hybridized carbons (Fsp3) is 0.529. The molecule has 0 radical (unpaired) electrons. The van der Waals surface area contributed by atoms with E-state index >= 15 is 0 Å². The molecule has 1 fully saturated rings. The van der Waals surface area contributed by atoms with Gasteiger partial charge < -0.3 is 27.2 Å². The number of hydrogen-bond donors (Lipinski definition) is 0. The van der Waals surface area contributed by atoms with Crippen LogP contribution >= 0.6 is 0 Å². The Bertz CT molecular complexity index is 526. The van der Waals surface area contributed by atoms with E-state index in [1.54, 1.807) is 12.5 Å². The van der Waals surface area contributed by atoms with Crippen molar-refractivity contribution in [3.8, 4) is 0 Å². The van der Waals surface area contributed by atoms with Crippen molar-refractivity contribution in [3.05, 3.63) is 48.3 Å². The third-order valence-corrected chi connectivity index (χ3v) is 6.60. The van der Waals surface area contributed by atoms with E-state index in [4.69, 9.17) is 27.2 Å². The Morgan fingerprint density at radius 1 is 1.08 bits per heavy atom. The minimum atomic E-state index is -2.35. The van der Waals surface area contributed by atoms with E-state index in [0.717, 1.165) is 30.6 Å². The van der Waals surface area contributed by atoms with Crippen LogP contribution in [0.25, 0.3) is 0 Å². The standard InChI is InChI=1S/C17H24O6Si/c1-24(22-13-15-5-2-8-19-15,23-14-16-6-3-9-20-16)10-4-7-18-11-17-12-21-17/h2-3,5-6,8-9,17H,4,7,10-14H2,1H3. The van der Waals surface area contributed by atoms with Gasteiger partial charge in [0.05, 0.1) is 39.0 Å². The molecule has 132 valence electrons. The third kappa shape index (κ3) is 5.92. The van der Waals surface area contributed by atoms with Crippen LogP contribution in [-0.4, -0.2) is 34.5 Å². The zero-order chi connectivity index (χ0) is 16.7. The van der Waals surface area contributed by atoms with Gasteiger partial charge in [-0.1, -0.05) is 0 Å². The molecule has 2 aromatic heterocycles. The number of hydrogen-bond acceptors (Lipinski definition) is 6. The molecule has 1 saturated heterocycles. The van der Waals surface area contributed by atoms with Crippen LogP contribution in [0.1, 0.15) is 17.9 Å². The summed E-state index contributed by atoms with van der Waals surface area (Å²) in [4.78, 5) is 0. The van der Waals surface area contributed by atoms with Gasteiger partial charge in [-0.2, -0.15) is 0 Å². The predicted octanol–water partition coefficient (Wildman–Crippen LogP) is 3.48. The zero-order valence-electron chi connectivity index (χ0n) is 13.9. The first-order valence-electron chi connectivity index (χ1n) is 8.25. The molecular formula is C17H24O6Si. The van der Waals surface area contributed by atoms with Crippen LogP contribution in [0.5, 0.6) is 0 Å². The largest absolute Gasteiger partial charge is 0.467 e. The highest BCUT2D eigenvalue weighted by Gasteiger charge is 2.32. The van der Waals surface area contributed by atoms with E-state index in [9.17, 15) is 0 Å². The van der Waals surface area contributed by atoms with Crippen molar-refractivity contribution >= 4 is 8.56 Å². The van der Waals surface area contributed by atoms with Crippen molar-refractivity contribution < 1.29 is 27.2 Å². The zero-order valence-corrected chi connectivity index (χ0v) is 14.9. The number of rotatable bonds is 12. The molecule has 24 heavy (non-hydrogen) atoms. The van der Waals surface area contributed by atoms with Gasteiger partial charge in [0.25, 0.3) is 0 Å². The van der Waals surface area contributed by atoms with Crippen molar-refractivity contribution in [1.29, 1.82) is 0 Å². The quantitative estimate of drug-likeness (QED) is 0.331. The van der Waals surface area contributed by atoms with E-state index in [-0.39, 0.29) is 0 Å². The highest BCUT2D eigenvalue weighted by atomic mass is 28.4. The molecule has 1 atom stereocenters. The molecule has 3 heterocycles. The summed E-state index contributed by atoms with van der Waals surface area (Å²) in [5.41, 5.74) is 0. The second-order valence-corrected chi connectivity index (χ2v) is 9.35. The maximum absolute atomic E-state index is 6.11. The van der Waals surface area contributed by atoms with Crippen LogP contribution in [-0.2, 0) is 31.5 Å². The van der Waals surface area contributed by atoms with Crippen LogP contribution in [0.15, 0.2) is 45.6 Å². The van der Waals surface area contributed by atoms with Gasteiger partial charge >= 0.3 is 8.56 Å². The van der Waals surface area contributed by atoms with Crippen LogP contribution in [0.3, 0.4) is 0 Å². The number of ether oxygens (including phenoxy) is 2. The van der Waals surface area contributed by atoms with Crippen molar-refractivity contribution in [2.75, 3.05) is 19.8 Å². The molecule has 1 unspecified atom stereocenters. The fourth-order valence-electron chi connectivity index (χ4n) is 2.30. The van der Waals surface area contributed by atoms with Gasteiger partial charge in [-0.25, -0.2) is 0 Å². The molecule has 0 aromatic carbocycles. The first kappa shape index (κ1) is 17.4. The molecule has 0 N–H and O–H groups in total.